The molecule has 3 aliphatic carbocycles. The number of benzene rings is 7. The van der Waals surface area contributed by atoms with E-state index >= 15 is 0 Å². The van der Waals surface area contributed by atoms with Crippen molar-refractivity contribution in [2.45, 2.75) is 64.7 Å². The van der Waals surface area contributed by atoms with Crippen LogP contribution < -0.4 is 0 Å². The van der Waals surface area contributed by atoms with E-state index in [0.29, 0.717) is 5.89 Å². The van der Waals surface area contributed by atoms with Crippen molar-refractivity contribution in [2.24, 2.45) is 0 Å². The normalized spacial score (nSPS) is 15.9. The smallest absolute Gasteiger partial charge is 0.227 e. The van der Waals surface area contributed by atoms with Gasteiger partial charge >= 0.3 is 0 Å². The monoisotopic (exact) mass is 727 g/mol. The quantitative estimate of drug-likeness (QED) is 0.181. The van der Waals surface area contributed by atoms with Gasteiger partial charge in [0, 0.05) is 21.8 Å². The van der Waals surface area contributed by atoms with E-state index in [1.54, 1.807) is 12.1 Å². The molecular formula is C53H42FNO. The first-order valence-corrected chi connectivity index (χ1v) is 19.7. The summed E-state index contributed by atoms with van der Waals surface area (Å²) in [5.74, 6) is 0.358. The van der Waals surface area contributed by atoms with Crippen molar-refractivity contribution in [3.63, 3.8) is 0 Å². The van der Waals surface area contributed by atoms with Gasteiger partial charge in [-0.3, -0.25) is 0 Å². The molecule has 0 amide bonds. The SMILES string of the molecule is Cc1ccc(-c2ccc3c(c2)C(C)(C)c2cc4c(cc2-3)C(C)(C)c2cc3c(cc2-4)C(C)(C)c2cc(-c4nc5cc(-c6ccc(F)cc6)ccc5o4)ccc2-3)cc1. The highest BCUT2D eigenvalue weighted by atomic mass is 19.1. The van der Waals surface area contributed by atoms with Crippen molar-refractivity contribution in [2.75, 3.05) is 0 Å². The van der Waals surface area contributed by atoms with Crippen molar-refractivity contribution >= 4 is 11.1 Å². The van der Waals surface area contributed by atoms with Gasteiger partial charge in [0.2, 0.25) is 5.89 Å². The minimum absolute atomic E-state index is 0.122. The molecule has 0 unspecified atom stereocenters. The fourth-order valence-electron chi connectivity index (χ4n) is 10.1. The summed E-state index contributed by atoms with van der Waals surface area (Å²) in [6.45, 7) is 16.4. The van der Waals surface area contributed by atoms with Crippen LogP contribution in [0.5, 0.6) is 0 Å². The molecule has 0 saturated carbocycles. The molecule has 56 heavy (non-hydrogen) atoms. The fourth-order valence-corrected chi connectivity index (χ4v) is 10.1. The Bertz CT molecular complexity index is 2990. The van der Waals surface area contributed by atoms with Gasteiger partial charge in [-0.05, 0) is 163 Å². The Hall–Kier alpha value is -6.06. The van der Waals surface area contributed by atoms with Crippen LogP contribution >= 0.6 is 0 Å². The summed E-state index contributed by atoms with van der Waals surface area (Å²) in [6, 6.07) is 45.2. The lowest BCUT2D eigenvalue weighted by Gasteiger charge is -2.25. The van der Waals surface area contributed by atoms with Crippen LogP contribution in [-0.4, -0.2) is 4.98 Å². The molecule has 1 aromatic heterocycles. The number of halogens is 1. The van der Waals surface area contributed by atoms with Gasteiger partial charge in [0.15, 0.2) is 5.58 Å². The summed E-state index contributed by atoms with van der Waals surface area (Å²) in [4.78, 5) is 4.94. The highest BCUT2D eigenvalue weighted by Gasteiger charge is 2.44. The average Bonchev–Trinajstić information content (AvgIpc) is 3.85. The predicted octanol–water partition coefficient (Wildman–Crippen LogP) is 14.2. The van der Waals surface area contributed by atoms with E-state index in [-0.39, 0.29) is 22.1 Å². The summed E-state index contributed by atoms with van der Waals surface area (Å²) in [5.41, 5.74) is 24.0. The van der Waals surface area contributed by atoms with Crippen LogP contribution in [0.1, 0.15) is 80.5 Å². The molecule has 7 aromatic carbocycles. The highest BCUT2D eigenvalue weighted by molar-refractivity contribution is 5.94. The van der Waals surface area contributed by atoms with Crippen LogP contribution in [0.2, 0.25) is 0 Å². The Morgan fingerprint density at radius 2 is 0.804 bits per heavy atom. The number of hydrogen-bond donors (Lipinski definition) is 0. The summed E-state index contributed by atoms with van der Waals surface area (Å²) in [7, 11) is 0. The van der Waals surface area contributed by atoms with Gasteiger partial charge < -0.3 is 4.42 Å². The van der Waals surface area contributed by atoms with Crippen LogP contribution in [0.3, 0.4) is 0 Å². The number of rotatable bonds is 3. The Balaban J connectivity index is 0.976. The summed E-state index contributed by atoms with van der Waals surface area (Å²) >= 11 is 0. The Morgan fingerprint density at radius 1 is 0.411 bits per heavy atom. The Labute approximate surface area is 327 Å². The first-order valence-electron chi connectivity index (χ1n) is 19.7. The molecular weight excluding hydrogens is 686 g/mol. The Kier molecular flexibility index (Phi) is 6.56. The first-order chi connectivity index (χ1) is 26.8. The summed E-state index contributed by atoms with van der Waals surface area (Å²) < 4.78 is 19.9. The van der Waals surface area contributed by atoms with Gasteiger partial charge in [-0.15, -0.1) is 0 Å². The zero-order chi connectivity index (χ0) is 38.5. The van der Waals surface area contributed by atoms with Crippen LogP contribution in [0.4, 0.5) is 4.39 Å². The second kappa shape index (κ2) is 11.0. The van der Waals surface area contributed by atoms with Gasteiger partial charge in [-0.1, -0.05) is 108 Å². The van der Waals surface area contributed by atoms with E-state index in [2.05, 4.69) is 133 Å². The van der Waals surface area contributed by atoms with Crippen molar-refractivity contribution in [3.05, 3.63) is 172 Å². The lowest BCUT2D eigenvalue weighted by Crippen LogP contribution is -2.17. The molecule has 3 heteroatoms. The third-order valence-corrected chi connectivity index (χ3v) is 13.5. The molecule has 0 spiro atoms. The molecule has 0 bridgehead atoms. The largest absolute Gasteiger partial charge is 0.436 e. The van der Waals surface area contributed by atoms with E-state index in [1.807, 2.05) is 18.2 Å². The predicted molar refractivity (Wildman–Crippen MR) is 228 cm³/mol. The van der Waals surface area contributed by atoms with E-state index in [4.69, 9.17) is 9.40 Å². The minimum Gasteiger partial charge on any atom is -0.436 e. The van der Waals surface area contributed by atoms with E-state index in [1.165, 1.54) is 95.6 Å². The maximum Gasteiger partial charge on any atom is 0.227 e. The van der Waals surface area contributed by atoms with Crippen LogP contribution in [0, 0.1) is 12.7 Å². The molecule has 3 aliphatic rings. The molecule has 2 nitrogen and oxygen atoms in total. The van der Waals surface area contributed by atoms with Crippen molar-refractivity contribution in [1.82, 2.24) is 4.98 Å². The van der Waals surface area contributed by atoms with Crippen molar-refractivity contribution in [1.29, 1.82) is 0 Å². The number of fused-ring (bicyclic) bond motifs is 10. The zero-order valence-corrected chi connectivity index (χ0v) is 32.9. The lowest BCUT2D eigenvalue weighted by molar-refractivity contribution is 0.618. The maximum atomic E-state index is 13.6. The molecule has 1 heterocycles. The minimum atomic E-state index is -0.245. The molecule has 0 saturated heterocycles. The second-order valence-electron chi connectivity index (χ2n) is 17.9. The number of hydrogen-bond acceptors (Lipinski definition) is 2. The molecule has 8 aromatic rings. The van der Waals surface area contributed by atoms with E-state index in [9.17, 15) is 4.39 Å². The molecule has 0 N–H and O–H groups in total. The third-order valence-electron chi connectivity index (χ3n) is 13.5. The molecule has 0 atom stereocenters. The molecule has 0 fully saturated rings. The third kappa shape index (κ3) is 4.52. The second-order valence-corrected chi connectivity index (χ2v) is 17.9. The standard InChI is InChI=1S/C53H42FNO/c1-29-8-10-30(11-9-29)32-14-19-36-38-25-46-40(27-44(38)51(2,3)42(36)22-32)41-28-45-39(26-47(41)53(46,6)7)37-20-15-34(23-43(37)52(45,4)5)50-55-48-24-33(16-21-49(48)56-50)31-12-17-35(54)18-13-31/h8-28H,1-7H3. The van der Waals surface area contributed by atoms with Gasteiger partial charge in [-0.2, -0.15) is 0 Å². The zero-order valence-electron chi connectivity index (χ0n) is 32.9. The van der Waals surface area contributed by atoms with Crippen LogP contribution in [0.25, 0.3) is 78.2 Å². The van der Waals surface area contributed by atoms with Crippen LogP contribution in [0.15, 0.2) is 132 Å². The van der Waals surface area contributed by atoms with Gasteiger partial charge in [0.05, 0.1) is 0 Å². The molecule has 0 aliphatic heterocycles. The lowest BCUT2D eigenvalue weighted by atomic mass is 9.78. The molecule has 0 radical (unpaired) electrons. The summed E-state index contributed by atoms with van der Waals surface area (Å²) in [6.07, 6.45) is 0. The average molecular weight is 728 g/mol. The molecule has 11 rings (SSSR count). The van der Waals surface area contributed by atoms with Crippen LogP contribution in [-0.2, 0) is 16.2 Å². The number of aryl methyl sites for hydroxylation is 1. The van der Waals surface area contributed by atoms with E-state index < -0.39 is 0 Å². The number of nitrogens with zero attached hydrogens (tertiary/aromatic N) is 1. The fraction of sp³-hybridized carbons (Fsp3) is 0.189. The van der Waals surface area contributed by atoms with Crippen molar-refractivity contribution in [3.8, 4) is 67.1 Å². The van der Waals surface area contributed by atoms with Gasteiger partial charge in [-0.25, -0.2) is 9.37 Å². The maximum absolute atomic E-state index is 13.6. The van der Waals surface area contributed by atoms with Crippen molar-refractivity contribution < 1.29 is 8.81 Å². The highest BCUT2D eigenvalue weighted by Crippen LogP contribution is 2.59. The summed E-state index contributed by atoms with van der Waals surface area (Å²) in [5, 5.41) is 0. The van der Waals surface area contributed by atoms with E-state index in [0.717, 1.165) is 27.8 Å². The first kappa shape index (κ1) is 33.3. The number of aromatic nitrogens is 1. The topological polar surface area (TPSA) is 26.0 Å². The number of oxazole rings is 1. The van der Waals surface area contributed by atoms with Gasteiger partial charge in [0.1, 0.15) is 11.3 Å². The van der Waals surface area contributed by atoms with Gasteiger partial charge in [0.25, 0.3) is 0 Å². The molecule has 272 valence electrons. The Morgan fingerprint density at radius 3 is 1.34 bits per heavy atom.